The van der Waals surface area contributed by atoms with Crippen LogP contribution in [0.25, 0.3) is 5.65 Å². The Labute approximate surface area is 159 Å². The van der Waals surface area contributed by atoms with E-state index in [1.807, 2.05) is 0 Å². The highest BCUT2D eigenvalue weighted by Crippen LogP contribution is 2.34. The Morgan fingerprint density at radius 2 is 2.00 bits per heavy atom. The van der Waals surface area contributed by atoms with Crippen molar-refractivity contribution in [2.45, 2.75) is 23.5 Å². The van der Waals surface area contributed by atoms with E-state index in [2.05, 4.69) is 15.5 Å². The van der Waals surface area contributed by atoms with Crippen LogP contribution < -0.4 is 5.32 Å². The molecule has 11 heteroatoms. The number of nitrogens with one attached hydrogen (secondary N) is 1. The van der Waals surface area contributed by atoms with Gasteiger partial charge in [0.2, 0.25) is 5.91 Å². The number of para-hydroxylation sites is 1. The van der Waals surface area contributed by atoms with Crippen molar-refractivity contribution < 1.29 is 22.4 Å². The average molecular weight is 419 g/mol. The minimum atomic E-state index is -4.60. The lowest BCUT2D eigenvalue weighted by Crippen LogP contribution is -2.23. The first kappa shape index (κ1) is 19.4. The molecule has 0 bridgehead atoms. The largest absolute Gasteiger partial charge is 0.417 e. The molecular formula is C16H11ClF4N4OS. The zero-order valence-corrected chi connectivity index (χ0v) is 15.2. The van der Waals surface area contributed by atoms with Crippen LogP contribution in [0.4, 0.5) is 23.2 Å². The van der Waals surface area contributed by atoms with Gasteiger partial charge in [-0.15, -0.1) is 10.2 Å². The number of nitrogens with zero attached hydrogens (tertiary/aromatic N) is 3. The first-order valence-corrected chi connectivity index (χ1v) is 8.76. The highest BCUT2D eigenvalue weighted by Gasteiger charge is 2.32. The van der Waals surface area contributed by atoms with E-state index in [-0.39, 0.29) is 21.5 Å². The fourth-order valence-electron chi connectivity index (χ4n) is 2.18. The molecule has 3 rings (SSSR count). The molecule has 2 aromatic heterocycles. The summed E-state index contributed by atoms with van der Waals surface area (Å²) in [6.07, 6.45) is -3.79. The monoisotopic (exact) mass is 418 g/mol. The Morgan fingerprint density at radius 1 is 1.30 bits per heavy atom. The van der Waals surface area contributed by atoms with Gasteiger partial charge < -0.3 is 5.32 Å². The molecule has 2 heterocycles. The first-order valence-electron chi connectivity index (χ1n) is 7.50. The van der Waals surface area contributed by atoms with Gasteiger partial charge >= 0.3 is 6.18 Å². The van der Waals surface area contributed by atoms with Crippen LogP contribution >= 0.6 is 23.4 Å². The maximum absolute atomic E-state index is 13.6. The summed E-state index contributed by atoms with van der Waals surface area (Å²) in [5, 5.41) is 9.02. The highest BCUT2D eigenvalue weighted by atomic mass is 35.5. The summed E-state index contributed by atoms with van der Waals surface area (Å²) >= 11 is 6.72. The second-order valence-electron chi connectivity index (χ2n) is 5.48. The van der Waals surface area contributed by atoms with Gasteiger partial charge in [0.05, 0.1) is 21.5 Å². The van der Waals surface area contributed by atoms with Gasteiger partial charge in [-0.3, -0.25) is 9.20 Å². The lowest BCUT2D eigenvalue weighted by atomic mass is 10.3. The number of hydrogen-bond acceptors (Lipinski definition) is 4. The van der Waals surface area contributed by atoms with E-state index >= 15 is 0 Å². The molecule has 3 aromatic rings. The van der Waals surface area contributed by atoms with Crippen molar-refractivity contribution in [3.8, 4) is 0 Å². The molecule has 1 atom stereocenters. The summed E-state index contributed by atoms with van der Waals surface area (Å²) in [5.41, 5.74) is -0.928. The minimum Gasteiger partial charge on any atom is -0.323 e. The molecule has 0 saturated heterocycles. The van der Waals surface area contributed by atoms with Gasteiger partial charge in [-0.2, -0.15) is 13.2 Å². The maximum atomic E-state index is 13.6. The zero-order valence-electron chi connectivity index (χ0n) is 13.6. The molecule has 0 fully saturated rings. The third-order valence-electron chi connectivity index (χ3n) is 3.54. The van der Waals surface area contributed by atoms with Gasteiger partial charge in [-0.1, -0.05) is 35.5 Å². The van der Waals surface area contributed by atoms with Crippen molar-refractivity contribution in [2.75, 3.05) is 5.32 Å². The maximum Gasteiger partial charge on any atom is 0.417 e. The minimum absolute atomic E-state index is 0.00320. The fourth-order valence-corrected chi connectivity index (χ4v) is 3.25. The second kappa shape index (κ2) is 7.35. The predicted molar refractivity (Wildman–Crippen MR) is 93.3 cm³/mol. The van der Waals surface area contributed by atoms with Crippen molar-refractivity contribution in [3.05, 3.63) is 52.9 Å². The van der Waals surface area contributed by atoms with Gasteiger partial charge in [0.1, 0.15) is 5.82 Å². The van der Waals surface area contributed by atoms with Crippen LogP contribution in [0, 0.1) is 5.82 Å². The Morgan fingerprint density at radius 3 is 2.67 bits per heavy atom. The Kier molecular flexibility index (Phi) is 5.29. The van der Waals surface area contributed by atoms with Crippen molar-refractivity contribution in [1.29, 1.82) is 0 Å². The molecule has 0 spiro atoms. The standard InChI is InChI=1S/C16H11ClF4N4OS/c1-8(14(26)22-12-5-3-2-4-11(12)18)27-15-24-23-13-10(17)6-9(7-25(13)15)16(19,20)21/h2-8H,1H3,(H,22,26). The molecule has 0 aliphatic carbocycles. The molecule has 1 N–H and O–H groups in total. The molecule has 1 aromatic carbocycles. The Bertz CT molecular complexity index is 1010. The molecule has 1 unspecified atom stereocenters. The van der Waals surface area contributed by atoms with Crippen LogP contribution in [0.2, 0.25) is 5.02 Å². The number of benzene rings is 1. The van der Waals surface area contributed by atoms with Crippen LogP contribution in [-0.2, 0) is 11.0 Å². The number of thioether (sulfide) groups is 1. The number of alkyl halides is 3. The van der Waals surface area contributed by atoms with Gasteiger partial charge in [0.15, 0.2) is 10.8 Å². The highest BCUT2D eigenvalue weighted by molar-refractivity contribution is 8.00. The van der Waals surface area contributed by atoms with E-state index in [0.717, 1.165) is 28.4 Å². The summed E-state index contributed by atoms with van der Waals surface area (Å²) < 4.78 is 53.7. The van der Waals surface area contributed by atoms with Crippen LogP contribution in [-0.4, -0.2) is 25.8 Å². The lowest BCUT2D eigenvalue weighted by molar-refractivity contribution is -0.137. The number of rotatable bonds is 4. The number of amides is 1. The number of halogens is 5. The number of aromatic nitrogens is 3. The van der Waals surface area contributed by atoms with E-state index < -0.39 is 28.7 Å². The number of carbonyl (C=O) groups excluding carboxylic acids is 1. The average Bonchev–Trinajstić information content (AvgIpc) is 2.99. The summed E-state index contributed by atoms with van der Waals surface area (Å²) in [6.45, 7) is 1.51. The van der Waals surface area contributed by atoms with Crippen LogP contribution in [0.3, 0.4) is 0 Å². The van der Waals surface area contributed by atoms with E-state index in [0.29, 0.717) is 0 Å². The van der Waals surface area contributed by atoms with Crippen molar-refractivity contribution >= 4 is 40.6 Å². The van der Waals surface area contributed by atoms with Crippen molar-refractivity contribution in [1.82, 2.24) is 14.6 Å². The summed E-state index contributed by atoms with van der Waals surface area (Å²) in [7, 11) is 0. The summed E-state index contributed by atoms with van der Waals surface area (Å²) in [5.74, 6) is -1.14. The molecular weight excluding hydrogens is 408 g/mol. The van der Waals surface area contributed by atoms with Crippen molar-refractivity contribution in [2.24, 2.45) is 0 Å². The van der Waals surface area contributed by atoms with Crippen LogP contribution in [0.15, 0.2) is 41.7 Å². The molecule has 0 aliphatic rings. The number of hydrogen-bond donors (Lipinski definition) is 1. The van der Waals surface area contributed by atoms with Gasteiger partial charge in [0, 0.05) is 6.20 Å². The molecule has 1 amide bonds. The van der Waals surface area contributed by atoms with E-state index in [9.17, 15) is 22.4 Å². The molecule has 0 saturated carbocycles. The fraction of sp³-hybridized carbons (Fsp3) is 0.188. The SMILES string of the molecule is CC(Sc1nnc2c(Cl)cc(C(F)(F)F)cn12)C(=O)Nc1ccccc1F. The van der Waals surface area contributed by atoms with Crippen LogP contribution in [0.5, 0.6) is 0 Å². The third-order valence-corrected chi connectivity index (χ3v) is 4.87. The first-order chi connectivity index (χ1) is 12.7. The van der Waals surface area contributed by atoms with Gasteiger partial charge in [0.25, 0.3) is 0 Å². The topological polar surface area (TPSA) is 59.3 Å². The molecule has 5 nitrogen and oxygen atoms in total. The van der Waals surface area contributed by atoms with Crippen LogP contribution in [0.1, 0.15) is 12.5 Å². The normalized spacial score (nSPS) is 13.0. The number of anilines is 1. The quantitative estimate of drug-likeness (QED) is 0.494. The molecule has 142 valence electrons. The Hall–Kier alpha value is -2.33. The third kappa shape index (κ3) is 4.16. The summed E-state index contributed by atoms with van der Waals surface area (Å²) in [6, 6.07) is 6.39. The molecule has 27 heavy (non-hydrogen) atoms. The zero-order chi connectivity index (χ0) is 19.8. The smallest absolute Gasteiger partial charge is 0.323 e. The lowest BCUT2D eigenvalue weighted by Gasteiger charge is -2.12. The van der Waals surface area contributed by atoms with E-state index in [1.54, 1.807) is 6.07 Å². The summed E-state index contributed by atoms with van der Waals surface area (Å²) in [4.78, 5) is 12.3. The van der Waals surface area contributed by atoms with E-state index in [1.165, 1.54) is 25.1 Å². The number of fused-ring (bicyclic) bond motifs is 1. The predicted octanol–water partition coefficient (Wildman–Crippen LogP) is 4.66. The molecule has 0 aliphatic heterocycles. The number of carbonyl (C=O) groups is 1. The van der Waals surface area contributed by atoms with E-state index in [4.69, 9.17) is 11.6 Å². The van der Waals surface area contributed by atoms with Gasteiger partial charge in [-0.25, -0.2) is 4.39 Å². The van der Waals surface area contributed by atoms with Gasteiger partial charge in [-0.05, 0) is 25.1 Å². The van der Waals surface area contributed by atoms with Crippen molar-refractivity contribution in [3.63, 3.8) is 0 Å². The second-order valence-corrected chi connectivity index (χ2v) is 7.19. The molecule has 0 radical (unpaired) electrons. The number of pyridine rings is 1. The Balaban J connectivity index is 1.84.